The molecule has 0 aliphatic rings. The number of aromatic nitrogens is 1. The highest BCUT2D eigenvalue weighted by molar-refractivity contribution is 6.04. The van der Waals surface area contributed by atoms with E-state index >= 15 is 0 Å². The van der Waals surface area contributed by atoms with Crippen molar-refractivity contribution in [2.24, 2.45) is 0 Å². The number of carbonyl (C=O) groups is 2. The molecule has 0 spiro atoms. The third-order valence-corrected chi connectivity index (χ3v) is 6.50. The summed E-state index contributed by atoms with van der Waals surface area (Å²) in [7, 11) is 0. The van der Waals surface area contributed by atoms with E-state index in [-0.39, 0.29) is 17.3 Å². The average Bonchev–Trinajstić information content (AvgIpc) is 3.27. The van der Waals surface area contributed by atoms with Crippen LogP contribution in [0.15, 0.2) is 60.7 Å². The molecule has 0 saturated heterocycles. The second-order valence-electron chi connectivity index (χ2n) is 9.29. The molecule has 0 aliphatic carbocycles. The highest BCUT2D eigenvalue weighted by Gasteiger charge is 2.34. The fourth-order valence-corrected chi connectivity index (χ4v) is 4.45. The van der Waals surface area contributed by atoms with Gasteiger partial charge in [0.05, 0.1) is 17.7 Å². The first kappa shape index (κ1) is 28.0. The Kier molecular flexibility index (Phi) is 9.55. The summed E-state index contributed by atoms with van der Waals surface area (Å²) in [6.07, 6.45) is 0.369. The molecule has 3 aromatic rings. The van der Waals surface area contributed by atoms with Gasteiger partial charge in [0.25, 0.3) is 5.91 Å². The second kappa shape index (κ2) is 12.6. The Morgan fingerprint density at radius 3 is 2.30 bits per heavy atom. The Bertz CT molecular complexity index is 1200. The molecule has 198 valence electrons. The first-order valence-corrected chi connectivity index (χ1v) is 12.6. The topological polar surface area (TPSA) is 71.3 Å². The molecular weight excluding hydrogens is 481 g/mol. The minimum atomic E-state index is -4.70. The minimum Gasteiger partial charge on any atom is -0.481 e. The van der Waals surface area contributed by atoms with Crippen LogP contribution in [0.2, 0.25) is 0 Å². The monoisotopic (exact) mass is 514 g/mol. The van der Waals surface area contributed by atoms with E-state index in [1.807, 2.05) is 42.7 Å². The summed E-state index contributed by atoms with van der Waals surface area (Å²) < 4.78 is 42.7. The van der Waals surface area contributed by atoms with E-state index in [9.17, 15) is 22.8 Å². The van der Waals surface area contributed by atoms with Gasteiger partial charge in [0, 0.05) is 11.7 Å². The van der Waals surface area contributed by atoms with Gasteiger partial charge in [0.2, 0.25) is 0 Å². The van der Waals surface area contributed by atoms with Gasteiger partial charge in [-0.05, 0) is 74.4 Å². The number of alkyl halides is 3. The molecule has 0 bridgehead atoms. The maximum atomic E-state index is 13.6. The quantitative estimate of drug-likeness (QED) is 0.249. The van der Waals surface area contributed by atoms with Crippen molar-refractivity contribution in [2.75, 3.05) is 5.32 Å². The number of rotatable bonds is 12. The van der Waals surface area contributed by atoms with Crippen LogP contribution in [0.5, 0.6) is 0 Å². The molecule has 5 nitrogen and oxygen atoms in total. The molecule has 0 saturated carbocycles. The fourth-order valence-electron chi connectivity index (χ4n) is 4.45. The molecular formula is C29H33F3N2O3. The maximum Gasteiger partial charge on any atom is 0.418 e. The molecule has 0 aliphatic heterocycles. The molecule has 0 radical (unpaired) electrons. The van der Waals surface area contributed by atoms with Crippen molar-refractivity contribution in [3.05, 3.63) is 88.7 Å². The van der Waals surface area contributed by atoms with Crippen LogP contribution in [0, 0.1) is 0 Å². The first-order valence-electron chi connectivity index (χ1n) is 12.6. The number of carboxylic acid groups (broad SMARTS) is 1. The standard InChI is InChI=1S/C29H33F3N2O3/c1-3-20(2)34-23(13-9-5-8-12-21-10-6-4-7-11-21)15-17-26(34)28(37)33-25-18-22(19-27(35)36)14-16-24(25)29(30,31)32/h4,6-7,10-11,14-18,20H,3,5,8-9,12-13,19H2,1-2H3,(H,33,37)(H,35,36)/t20-/m0/s1. The number of benzene rings is 2. The lowest BCUT2D eigenvalue weighted by molar-refractivity contribution is -0.137. The highest BCUT2D eigenvalue weighted by atomic mass is 19.4. The molecule has 2 aromatic carbocycles. The van der Waals surface area contributed by atoms with Gasteiger partial charge >= 0.3 is 12.1 Å². The van der Waals surface area contributed by atoms with Crippen LogP contribution in [0.3, 0.4) is 0 Å². The highest BCUT2D eigenvalue weighted by Crippen LogP contribution is 2.36. The van der Waals surface area contributed by atoms with Gasteiger partial charge in [0.15, 0.2) is 0 Å². The lowest BCUT2D eigenvalue weighted by Crippen LogP contribution is -2.22. The van der Waals surface area contributed by atoms with E-state index < -0.39 is 35.7 Å². The zero-order valence-corrected chi connectivity index (χ0v) is 21.1. The van der Waals surface area contributed by atoms with Crippen LogP contribution in [0.4, 0.5) is 18.9 Å². The Morgan fingerprint density at radius 1 is 0.946 bits per heavy atom. The number of hydrogen-bond acceptors (Lipinski definition) is 2. The molecule has 1 atom stereocenters. The number of carboxylic acids is 1. The number of halogens is 3. The van der Waals surface area contributed by atoms with Crippen molar-refractivity contribution in [2.45, 2.75) is 71.0 Å². The number of nitrogens with one attached hydrogen (secondary N) is 1. The summed E-state index contributed by atoms with van der Waals surface area (Å²) in [6, 6.07) is 16.8. The largest absolute Gasteiger partial charge is 0.481 e. The number of nitrogens with zero attached hydrogens (tertiary/aromatic N) is 1. The predicted octanol–water partition coefficient (Wildman–Crippen LogP) is 7.31. The van der Waals surface area contributed by atoms with E-state index in [1.54, 1.807) is 6.07 Å². The van der Waals surface area contributed by atoms with Crippen molar-refractivity contribution in [1.29, 1.82) is 0 Å². The fraction of sp³-hybridized carbons (Fsp3) is 0.379. The average molecular weight is 515 g/mol. The number of carbonyl (C=O) groups excluding carboxylic acids is 1. The number of anilines is 1. The van der Waals surface area contributed by atoms with Crippen molar-refractivity contribution in [3.8, 4) is 0 Å². The van der Waals surface area contributed by atoms with Crippen molar-refractivity contribution in [1.82, 2.24) is 4.57 Å². The van der Waals surface area contributed by atoms with Gasteiger partial charge < -0.3 is 15.0 Å². The number of aryl methyl sites for hydroxylation is 2. The molecule has 2 N–H and O–H groups in total. The third-order valence-electron chi connectivity index (χ3n) is 6.50. The maximum absolute atomic E-state index is 13.6. The van der Waals surface area contributed by atoms with E-state index in [4.69, 9.17) is 5.11 Å². The van der Waals surface area contributed by atoms with Crippen molar-refractivity contribution < 1.29 is 27.9 Å². The van der Waals surface area contributed by atoms with Gasteiger partial charge in [-0.1, -0.05) is 49.7 Å². The van der Waals surface area contributed by atoms with E-state index in [0.717, 1.165) is 62.4 Å². The molecule has 1 aromatic heterocycles. The van der Waals surface area contributed by atoms with Crippen LogP contribution >= 0.6 is 0 Å². The summed E-state index contributed by atoms with van der Waals surface area (Å²) in [6.45, 7) is 3.97. The normalized spacial score (nSPS) is 12.4. The SMILES string of the molecule is CC[C@H](C)n1c(CCCCCc2ccccc2)ccc1C(=O)Nc1cc(CC(=O)O)ccc1C(F)(F)F. The lowest BCUT2D eigenvalue weighted by Gasteiger charge is -2.20. The van der Waals surface area contributed by atoms with Gasteiger partial charge in [-0.3, -0.25) is 9.59 Å². The number of unbranched alkanes of at least 4 members (excludes halogenated alkanes) is 2. The van der Waals surface area contributed by atoms with Crippen LogP contribution in [-0.4, -0.2) is 21.6 Å². The smallest absolute Gasteiger partial charge is 0.418 e. The number of aliphatic carboxylic acids is 1. The van der Waals surface area contributed by atoms with E-state index in [0.29, 0.717) is 0 Å². The second-order valence-corrected chi connectivity index (χ2v) is 9.29. The summed E-state index contributed by atoms with van der Waals surface area (Å²) in [4.78, 5) is 24.2. The summed E-state index contributed by atoms with van der Waals surface area (Å²) >= 11 is 0. The van der Waals surface area contributed by atoms with Gasteiger partial charge in [-0.25, -0.2) is 0 Å². The lowest BCUT2D eigenvalue weighted by atomic mass is 10.1. The van der Waals surface area contributed by atoms with Gasteiger partial charge in [-0.2, -0.15) is 13.2 Å². The number of hydrogen-bond donors (Lipinski definition) is 2. The summed E-state index contributed by atoms with van der Waals surface area (Å²) in [5.41, 5.74) is 1.26. The van der Waals surface area contributed by atoms with Crippen molar-refractivity contribution >= 4 is 17.6 Å². The molecule has 3 rings (SSSR count). The van der Waals surface area contributed by atoms with Crippen LogP contribution in [0.25, 0.3) is 0 Å². The van der Waals surface area contributed by atoms with Gasteiger partial charge in [0.1, 0.15) is 5.69 Å². The molecule has 0 fully saturated rings. The molecule has 1 amide bonds. The Balaban J connectivity index is 1.76. The van der Waals surface area contributed by atoms with E-state index in [1.165, 1.54) is 5.56 Å². The summed E-state index contributed by atoms with van der Waals surface area (Å²) in [5.74, 6) is -1.83. The van der Waals surface area contributed by atoms with Crippen LogP contribution in [-0.2, 0) is 30.2 Å². The van der Waals surface area contributed by atoms with Crippen LogP contribution in [0.1, 0.15) is 78.4 Å². The zero-order chi connectivity index (χ0) is 27.0. The Morgan fingerprint density at radius 2 is 1.65 bits per heavy atom. The molecule has 1 heterocycles. The van der Waals surface area contributed by atoms with Crippen LogP contribution < -0.4 is 5.32 Å². The molecule has 0 unspecified atom stereocenters. The Labute approximate surface area is 215 Å². The number of amides is 1. The molecule has 37 heavy (non-hydrogen) atoms. The van der Waals surface area contributed by atoms with E-state index in [2.05, 4.69) is 17.4 Å². The third kappa shape index (κ3) is 7.71. The predicted molar refractivity (Wildman–Crippen MR) is 138 cm³/mol. The minimum absolute atomic E-state index is 0.0181. The van der Waals surface area contributed by atoms with Crippen molar-refractivity contribution in [3.63, 3.8) is 0 Å². The Hall–Kier alpha value is -3.55. The summed E-state index contributed by atoms with van der Waals surface area (Å²) in [5, 5.41) is 11.4. The zero-order valence-electron chi connectivity index (χ0n) is 21.1. The molecule has 8 heteroatoms. The first-order chi connectivity index (χ1) is 17.6. The van der Waals surface area contributed by atoms with Gasteiger partial charge in [-0.15, -0.1) is 0 Å².